The van der Waals surface area contributed by atoms with E-state index in [1.54, 1.807) is 0 Å². The van der Waals surface area contributed by atoms with E-state index >= 15 is 0 Å². The van der Waals surface area contributed by atoms with Gasteiger partial charge in [0.1, 0.15) is 0 Å². The van der Waals surface area contributed by atoms with Crippen molar-refractivity contribution in [3.05, 3.63) is 30.3 Å². The average molecular weight is 212 g/mol. The van der Waals surface area contributed by atoms with Gasteiger partial charge in [0.15, 0.2) is 0 Å². The average Bonchev–Trinajstić information content (AvgIpc) is 2.32. The second-order valence-electron chi connectivity index (χ2n) is 3.55. The Balaban J connectivity index is 2.88. The normalized spacial score (nSPS) is 11.2. The Bertz CT molecular complexity index is 367. The van der Waals surface area contributed by atoms with Crippen LogP contribution in [0.1, 0.15) is 19.8 Å². The van der Waals surface area contributed by atoms with Crippen LogP contribution in [0.15, 0.2) is 30.3 Å². The van der Waals surface area contributed by atoms with E-state index in [9.17, 15) is 0 Å². The zero-order valence-corrected chi connectivity index (χ0v) is 9.56. The first kappa shape index (κ1) is 12.1. The van der Waals surface area contributed by atoms with Gasteiger partial charge >= 0.3 is 0 Å². The van der Waals surface area contributed by atoms with Crippen LogP contribution >= 0.6 is 0 Å². The summed E-state index contributed by atoms with van der Waals surface area (Å²) in [7, 11) is 0. The van der Waals surface area contributed by atoms with E-state index in [4.69, 9.17) is 11.7 Å². The molecule has 0 aliphatic rings. The topological polar surface area (TPSA) is 27.0 Å². The van der Waals surface area contributed by atoms with Gasteiger partial charge < -0.3 is 4.90 Å². The molecule has 2 nitrogen and oxygen atoms in total. The van der Waals surface area contributed by atoms with E-state index in [0.717, 1.165) is 12.2 Å². The molecule has 0 fully saturated rings. The molecule has 0 spiro atoms. The number of nitriles is 1. The molecule has 0 bridgehead atoms. The summed E-state index contributed by atoms with van der Waals surface area (Å²) in [5.41, 5.74) is 1.13. The third-order valence-corrected chi connectivity index (χ3v) is 2.55. The quantitative estimate of drug-likeness (QED) is 0.702. The second-order valence-corrected chi connectivity index (χ2v) is 3.55. The summed E-state index contributed by atoms with van der Waals surface area (Å²) in [6.45, 7) is 2.94. The number of hydrogen-bond donors (Lipinski definition) is 0. The van der Waals surface area contributed by atoms with Crippen LogP contribution in [0.3, 0.4) is 0 Å². The highest BCUT2D eigenvalue weighted by molar-refractivity contribution is 5.47. The van der Waals surface area contributed by atoms with Crippen LogP contribution in [0.5, 0.6) is 0 Å². The van der Waals surface area contributed by atoms with Crippen LogP contribution in [-0.4, -0.2) is 12.6 Å². The first-order chi connectivity index (χ1) is 7.83. The summed E-state index contributed by atoms with van der Waals surface area (Å²) in [4.78, 5) is 2.18. The van der Waals surface area contributed by atoms with Crippen LogP contribution < -0.4 is 4.90 Å². The number of terminal acetylenes is 1. The Kier molecular flexibility index (Phi) is 4.96. The Morgan fingerprint density at radius 2 is 2.00 bits per heavy atom. The molecule has 16 heavy (non-hydrogen) atoms. The second kappa shape index (κ2) is 6.53. The van der Waals surface area contributed by atoms with E-state index in [-0.39, 0.29) is 6.04 Å². The van der Waals surface area contributed by atoms with Crippen molar-refractivity contribution < 1.29 is 0 Å². The zero-order valence-electron chi connectivity index (χ0n) is 9.56. The Morgan fingerprint density at radius 3 is 2.50 bits per heavy atom. The maximum absolute atomic E-state index is 8.81. The Morgan fingerprint density at radius 1 is 1.31 bits per heavy atom. The number of hydrogen-bond acceptors (Lipinski definition) is 2. The third kappa shape index (κ3) is 3.04. The molecule has 0 aliphatic heterocycles. The summed E-state index contributed by atoms with van der Waals surface area (Å²) in [6.07, 6.45) is 6.42. The van der Waals surface area contributed by atoms with Gasteiger partial charge in [0.25, 0.3) is 0 Å². The van der Waals surface area contributed by atoms with E-state index in [2.05, 4.69) is 23.8 Å². The van der Waals surface area contributed by atoms with Crippen LogP contribution in [0.2, 0.25) is 0 Å². The van der Waals surface area contributed by atoms with Gasteiger partial charge in [-0.25, -0.2) is 0 Å². The van der Waals surface area contributed by atoms with Crippen molar-refractivity contribution in [2.75, 3.05) is 11.4 Å². The molecule has 1 aromatic rings. The smallest absolute Gasteiger partial charge is 0.0643 e. The van der Waals surface area contributed by atoms with Gasteiger partial charge in [0.2, 0.25) is 0 Å². The van der Waals surface area contributed by atoms with E-state index < -0.39 is 0 Å². The minimum atomic E-state index is 0.113. The van der Waals surface area contributed by atoms with Crippen molar-refractivity contribution in [3.63, 3.8) is 0 Å². The first-order valence-electron chi connectivity index (χ1n) is 5.45. The molecule has 0 saturated carbocycles. The van der Waals surface area contributed by atoms with E-state index in [1.165, 1.54) is 0 Å². The van der Waals surface area contributed by atoms with Gasteiger partial charge in [-0.2, -0.15) is 5.26 Å². The fraction of sp³-hybridized carbons (Fsp3) is 0.357. The Hall–Kier alpha value is -1.93. The van der Waals surface area contributed by atoms with Crippen molar-refractivity contribution >= 4 is 5.69 Å². The lowest BCUT2D eigenvalue weighted by Crippen LogP contribution is -2.34. The van der Waals surface area contributed by atoms with Crippen molar-refractivity contribution in [2.45, 2.75) is 25.8 Å². The SMILES string of the molecule is C#CCC(CC#N)N(CC)c1ccccc1. The van der Waals surface area contributed by atoms with Gasteiger partial charge in [0.05, 0.1) is 18.5 Å². The molecule has 0 heterocycles. The van der Waals surface area contributed by atoms with Crippen LogP contribution in [0.4, 0.5) is 5.69 Å². The van der Waals surface area contributed by atoms with E-state index in [1.807, 2.05) is 30.3 Å². The number of benzene rings is 1. The fourth-order valence-corrected chi connectivity index (χ4v) is 1.81. The van der Waals surface area contributed by atoms with Crippen molar-refractivity contribution in [2.24, 2.45) is 0 Å². The highest BCUT2D eigenvalue weighted by Gasteiger charge is 2.15. The molecule has 2 heteroatoms. The van der Waals surface area contributed by atoms with Crippen LogP contribution in [0, 0.1) is 23.7 Å². The maximum atomic E-state index is 8.81. The van der Waals surface area contributed by atoms with Crippen molar-refractivity contribution in [1.82, 2.24) is 0 Å². The van der Waals surface area contributed by atoms with E-state index in [0.29, 0.717) is 12.8 Å². The molecule has 1 aromatic carbocycles. The predicted octanol–water partition coefficient (Wildman–Crippen LogP) is 2.82. The summed E-state index contributed by atoms with van der Waals surface area (Å²) in [6, 6.07) is 12.4. The molecule has 1 unspecified atom stereocenters. The molecule has 82 valence electrons. The van der Waals surface area contributed by atoms with Gasteiger partial charge in [-0.15, -0.1) is 12.3 Å². The van der Waals surface area contributed by atoms with Crippen molar-refractivity contribution in [3.8, 4) is 18.4 Å². The van der Waals surface area contributed by atoms with Gasteiger partial charge in [-0.3, -0.25) is 0 Å². The highest BCUT2D eigenvalue weighted by atomic mass is 15.2. The molecular weight excluding hydrogens is 196 g/mol. The summed E-state index contributed by atoms with van der Waals surface area (Å²) < 4.78 is 0. The zero-order chi connectivity index (χ0) is 11.8. The molecule has 1 rings (SSSR count). The van der Waals surface area contributed by atoms with Crippen molar-refractivity contribution in [1.29, 1.82) is 5.26 Å². The minimum absolute atomic E-state index is 0.113. The van der Waals surface area contributed by atoms with Crippen LogP contribution in [0.25, 0.3) is 0 Å². The molecule has 0 N–H and O–H groups in total. The summed E-state index contributed by atoms with van der Waals surface area (Å²) in [5.74, 6) is 2.64. The molecule has 1 atom stereocenters. The minimum Gasteiger partial charge on any atom is -0.367 e. The summed E-state index contributed by atoms with van der Waals surface area (Å²) >= 11 is 0. The molecule has 0 aromatic heterocycles. The monoisotopic (exact) mass is 212 g/mol. The van der Waals surface area contributed by atoms with Gasteiger partial charge in [0, 0.05) is 18.7 Å². The molecular formula is C14H16N2. The third-order valence-electron chi connectivity index (χ3n) is 2.55. The lowest BCUT2D eigenvalue weighted by Gasteiger charge is -2.30. The lowest BCUT2D eigenvalue weighted by atomic mass is 10.1. The fourth-order valence-electron chi connectivity index (χ4n) is 1.81. The molecule has 0 amide bonds. The van der Waals surface area contributed by atoms with Gasteiger partial charge in [-0.05, 0) is 19.1 Å². The lowest BCUT2D eigenvalue weighted by molar-refractivity contribution is 0.625. The van der Waals surface area contributed by atoms with Gasteiger partial charge in [-0.1, -0.05) is 18.2 Å². The number of anilines is 1. The standard InChI is InChI=1S/C14H16N2/c1-3-8-13(11-12-15)16(4-2)14-9-6-5-7-10-14/h1,5-7,9-10,13H,4,8,11H2,2H3. The molecule has 0 aliphatic carbocycles. The Labute approximate surface area is 97.5 Å². The summed E-state index contributed by atoms with van der Waals surface area (Å²) in [5, 5.41) is 8.81. The highest BCUT2D eigenvalue weighted by Crippen LogP contribution is 2.19. The largest absolute Gasteiger partial charge is 0.367 e. The number of nitrogens with zero attached hydrogens (tertiary/aromatic N) is 2. The first-order valence-corrected chi connectivity index (χ1v) is 5.45. The number of rotatable bonds is 5. The maximum Gasteiger partial charge on any atom is 0.0643 e. The number of para-hydroxylation sites is 1. The predicted molar refractivity (Wildman–Crippen MR) is 66.9 cm³/mol. The van der Waals surface area contributed by atoms with Crippen LogP contribution in [-0.2, 0) is 0 Å². The molecule has 0 radical (unpaired) electrons. The molecule has 0 saturated heterocycles.